The number of benzene rings is 1. The molecule has 31 heavy (non-hydrogen) atoms. The summed E-state index contributed by atoms with van der Waals surface area (Å²) in [4.78, 5) is 11.9. The highest BCUT2D eigenvalue weighted by molar-refractivity contribution is 6.32. The first-order chi connectivity index (χ1) is 14.6. The van der Waals surface area contributed by atoms with Crippen molar-refractivity contribution >= 4 is 23.6 Å². The van der Waals surface area contributed by atoms with Crippen molar-refractivity contribution in [3.8, 4) is 5.75 Å². The van der Waals surface area contributed by atoms with Gasteiger partial charge in [-0.05, 0) is 43.0 Å². The summed E-state index contributed by atoms with van der Waals surface area (Å²) in [5, 5.41) is 5.93. The highest BCUT2D eigenvalue weighted by atomic mass is 35.5. The quantitative estimate of drug-likeness (QED) is 0.314. The second-order valence-electron chi connectivity index (χ2n) is 6.97. The minimum absolute atomic E-state index is 0.00823. The van der Waals surface area contributed by atoms with Crippen LogP contribution in [0.15, 0.2) is 30.3 Å². The smallest absolute Gasteiger partial charge is 0.435 e. The molecule has 2 aromatic rings. The lowest BCUT2D eigenvalue weighted by atomic mass is 10.2. The average molecular weight is 464 g/mol. The van der Waals surface area contributed by atoms with Crippen LogP contribution in [0.4, 0.5) is 22.0 Å². The first kappa shape index (κ1) is 23.1. The van der Waals surface area contributed by atoms with Gasteiger partial charge in [0.25, 0.3) is 0 Å². The number of amides is 1. The molecule has 1 aliphatic carbocycles. The van der Waals surface area contributed by atoms with Crippen molar-refractivity contribution in [1.29, 1.82) is 0 Å². The molecule has 1 amide bonds. The molecule has 168 valence electrons. The monoisotopic (exact) mass is 463 g/mol. The predicted octanol–water partition coefficient (Wildman–Crippen LogP) is 5.25. The predicted molar refractivity (Wildman–Crippen MR) is 104 cm³/mol. The third-order valence-corrected chi connectivity index (χ3v) is 4.92. The number of carbonyl (C=O) groups is 1. The number of alkyl halides is 5. The van der Waals surface area contributed by atoms with E-state index in [-0.39, 0.29) is 29.8 Å². The minimum Gasteiger partial charge on any atom is -0.435 e. The Morgan fingerprint density at radius 3 is 2.55 bits per heavy atom. The average Bonchev–Trinajstić information content (AvgIpc) is 3.46. The maximum absolute atomic E-state index is 13.1. The van der Waals surface area contributed by atoms with Crippen molar-refractivity contribution < 1.29 is 31.5 Å². The SMILES string of the molecule is O=C(/C=C\c1ccc(OC(F)F)cc1)NCCCn1nc(C(F)(F)F)c(Cl)c1C1CC1. The number of carbonyl (C=O) groups excluding carboxylic acids is 1. The summed E-state index contributed by atoms with van der Waals surface area (Å²) in [5.41, 5.74) is -0.0656. The molecule has 0 bridgehead atoms. The van der Waals surface area contributed by atoms with Gasteiger partial charge in [-0.15, -0.1) is 0 Å². The van der Waals surface area contributed by atoms with Gasteiger partial charge < -0.3 is 10.1 Å². The summed E-state index contributed by atoms with van der Waals surface area (Å²) in [6.45, 7) is -2.49. The fraction of sp³-hybridized carbons (Fsp3) is 0.400. The lowest BCUT2D eigenvalue weighted by Gasteiger charge is -2.07. The third-order valence-electron chi connectivity index (χ3n) is 4.54. The number of ether oxygens (including phenoxy) is 1. The molecule has 1 aromatic carbocycles. The van der Waals surface area contributed by atoms with Gasteiger partial charge >= 0.3 is 12.8 Å². The zero-order valence-corrected chi connectivity index (χ0v) is 16.9. The lowest BCUT2D eigenvalue weighted by Crippen LogP contribution is -2.23. The fourth-order valence-corrected chi connectivity index (χ4v) is 3.38. The van der Waals surface area contributed by atoms with E-state index in [0.29, 0.717) is 17.7 Å². The van der Waals surface area contributed by atoms with Crippen molar-refractivity contribution in [2.45, 2.75) is 44.5 Å². The number of hydrogen-bond acceptors (Lipinski definition) is 3. The minimum atomic E-state index is -4.62. The first-order valence-electron chi connectivity index (χ1n) is 9.49. The van der Waals surface area contributed by atoms with Crippen molar-refractivity contribution in [1.82, 2.24) is 15.1 Å². The summed E-state index contributed by atoms with van der Waals surface area (Å²) in [7, 11) is 0. The van der Waals surface area contributed by atoms with Gasteiger partial charge in [0, 0.05) is 25.1 Å². The van der Waals surface area contributed by atoms with E-state index in [1.165, 1.54) is 41.1 Å². The second kappa shape index (κ2) is 9.67. The number of nitrogens with one attached hydrogen (secondary N) is 1. The van der Waals surface area contributed by atoms with Gasteiger partial charge in [-0.3, -0.25) is 9.48 Å². The molecule has 1 aromatic heterocycles. The van der Waals surface area contributed by atoms with Crippen molar-refractivity contribution in [2.75, 3.05) is 6.54 Å². The molecule has 1 N–H and O–H groups in total. The van der Waals surface area contributed by atoms with E-state index in [4.69, 9.17) is 11.6 Å². The Kier molecular flexibility index (Phi) is 7.19. The Morgan fingerprint density at radius 1 is 1.29 bits per heavy atom. The Hall–Kier alpha value is -2.62. The van der Waals surface area contributed by atoms with Crippen molar-refractivity contribution in [3.63, 3.8) is 0 Å². The largest absolute Gasteiger partial charge is 0.436 e. The molecule has 0 spiro atoms. The van der Waals surface area contributed by atoms with Gasteiger partial charge in [0.15, 0.2) is 5.69 Å². The number of rotatable bonds is 9. The van der Waals surface area contributed by atoms with Crippen molar-refractivity contribution in [2.24, 2.45) is 0 Å². The lowest BCUT2D eigenvalue weighted by molar-refractivity contribution is -0.141. The molecule has 0 aliphatic heterocycles. The van der Waals surface area contributed by atoms with Gasteiger partial charge in [-0.2, -0.15) is 27.1 Å². The van der Waals surface area contributed by atoms with Crippen LogP contribution in [0.5, 0.6) is 5.75 Å². The molecular weight excluding hydrogens is 445 g/mol. The molecule has 11 heteroatoms. The van der Waals surface area contributed by atoms with Crippen LogP contribution in [0.3, 0.4) is 0 Å². The molecule has 1 fully saturated rings. The van der Waals surface area contributed by atoms with Crippen LogP contribution in [0, 0.1) is 0 Å². The number of hydrogen-bond donors (Lipinski definition) is 1. The highest BCUT2D eigenvalue weighted by Crippen LogP contribution is 2.46. The van der Waals surface area contributed by atoms with Crippen LogP contribution < -0.4 is 10.1 Å². The van der Waals surface area contributed by atoms with Crippen LogP contribution in [0.1, 0.15) is 42.1 Å². The van der Waals surface area contributed by atoms with E-state index in [2.05, 4.69) is 15.2 Å². The van der Waals surface area contributed by atoms with Crippen LogP contribution in [-0.2, 0) is 17.5 Å². The maximum Gasteiger partial charge on any atom is 0.436 e. The molecule has 5 nitrogen and oxygen atoms in total. The Balaban J connectivity index is 1.48. The maximum atomic E-state index is 13.1. The standard InChI is InChI=1S/C20H19ClF5N3O2/c21-16-17(13-5-6-13)29(28-18(16)20(24,25)26)11-1-10-27-15(30)9-4-12-2-7-14(8-3-12)31-19(22)23/h2-4,7-9,13,19H,1,5-6,10-11H2,(H,27,30)/b9-4-. The second-order valence-corrected chi connectivity index (χ2v) is 7.35. The third kappa shape index (κ3) is 6.43. The van der Waals surface area contributed by atoms with E-state index in [1.807, 2.05) is 0 Å². The molecule has 1 heterocycles. The van der Waals surface area contributed by atoms with Crippen LogP contribution in [0.2, 0.25) is 5.02 Å². The molecule has 0 unspecified atom stereocenters. The Morgan fingerprint density at radius 2 is 1.97 bits per heavy atom. The zero-order chi connectivity index (χ0) is 22.6. The van der Waals surface area contributed by atoms with Crippen molar-refractivity contribution in [3.05, 3.63) is 52.3 Å². The highest BCUT2D eigenvalue weighted by Gasteiger charge is 2.41. The zero-order valence-electron chi connectivity index (χ0n) is 16.1. The van der Waals surface area contributed by atoms with Crippen LogP contribution >= 0.6 is 11.6 Å². The van der Waals surface area contributed by atoms with Gasteiger partial charge in [0.2, 0.25) is 5.91 Å². The molecule has 1 aliphatic rings. The summed E-state index contributed by atoms with van der Waals surface area (Å²) in [6, 6.07) is 5.73. The van der Waals surface area contributed by atoms with Gasteiger partial charge in [-0.1, -0.05) is 23.7 Å². The Labute approximate surface area is 179 Å². The van der Waals surface area contributed by atoms with E-state index in [0.717, 1.165) is 12.8 Å². The molecule has 3 rings (SSSR count). The molecule has 0 saturated heterocycles. The molecular formula is C20H19ClF5N3O2. The summed E-state index contributed by atoms with van der Waals surface area (Å²) in [5.74, 6) is -0.398. The van der Waals surface area contributed by atoms with Gasteiger partial charge in [-0.25, -0.2) is 0 Å². The summed E-state index contributed by atoms with van der Waals surface area (Å²) >= 11 is 5.92. The van der Waals surface area contributed by atoms with E-state index in [1.54, 1.807) is 0 Å². The normalized spacial score (nSPS) is 14.4. The topological polar surface area (TPSA) is 56.1 Å². The molecule has 0 atom stereocenters. The molecule has 1 saturated carbocycles. The summed E-state index contributed by atoms with van der Waals surface area (Å²) in [6.07, 6.45) is 0.0721. The first-order valence-corrected chi connectivity index (χ1v) is 9.87. The number of aromatic nitrogens is 2. The van der Waals surface area contributed by atoms with E-state index in [9.17, 15) is 26.7 Å². The van der Waals surface area contributed by atoms with Gasteiger partial charge in [0.05, 0.1) is 10.7 Å². The van der Waals surface area contributed by atoms with Crippen LogP contribution in [0.25, 0.3) is 6.08 Å². The summed E-state index contributed by atoms with van der Waals surface area (Å²) < 4.78 is 68.9. The van der Waals surface area contributed by atoms with E-state index < -0.39 is 24.4 Å². The number of halogens is 6. The Bertz CT molecular complexity index is 938. The molecule has 0 radical (unpaired) electrons. The van der Waals surface area contributed by atoms with Gasteiger partial charge in [0.1, 0.15) is 5.75 Å². The van der Waals surface area contributed by atoms with Crippen LogP contribution in [-0.4, -0.2) is 28.8 Å². The van der Waals surface area contributed by atoms with E-state index >= 15 is 0 Å². The fourth-order valence-electron chi connectivity index (χ4n) is 2.98. The number of aryl methyl sites for hydroxylation is 1. The number of nitrogens with zero attached hydrogens (tertiary/aromatic N) is 2.